The number of hydrogen-bond acceptors (Lipinski definition) is 4. The molecule has 0 aliphatic carbocycles. The molecular weight excluding hydrogens is 238 g/mol. The lowest BCUT2D eigenvalue weighted by atomic mass is 10.1. The summed E-state index contributed by atoms with van der Waals surface area (Å²) in [6, 6.07) is 0. The van der Waals surface area contributed by atoms with E-state index >= 15 is 0 Å². The molecule has 106 valence electrons. The molecule has 2 rings (SSSR count). The Bertz CT molecular complexity index is 477. The molecule has 0 aliphatic heterocycles. The Morgan fingerprint density at radius 1 is 1.21 bits per heavy atom. The molecule has 0 spiro atoms. The van der Waals surface area contributed by atoms with Crippen molar-refractivity contribution >= 4 is 17.0 Å². The largest absolute Gasteiger partial charge is 0.358 e. The van der Waals surface area contributed by atoms with Crippen LogP contribution in [0.25, 0.3) is 11.2 Å². The zero-order valence-electron chi connectivity index (χ0n) is 12.6. The Balaban J connectivity index is 0.000000861. The highest BCUT2D eigenvalue weighted by Crippen LogP contribution is 2.18. The minimum Gasteiger partial charge on any atom is -0.358 e. The van der Waals surface area contributed by atoms with Crippen molar-refractivity contribution in [3.8, 4) is 0 Å². The standard InChI is InChI=1S/C12H19N5.C2H6/c1-9(2)5-4-6-17(3)12-10-11(14-7-13-10)15-8-16-12;1-2/h7-9H,4-6H2,1-3H3,(H,13,14,15,16);1-2H3. The van der Waals surface area contributed by atoms with Crippen LogP contribution in [-0.2, 0) is 0 Å². The maximum Gasteiger partial charge on any atom is 0.182 e. The van der Waals surface area contributed by atoms with Crippen LogP contribution in [0.2, 0.25) is 0 Å². The summed E-state index contributed by atoms with van der Waals surface area (Å²) in [7, 11) is 2.06. The number of nitrogens with one attached hydrogen (secondary N) is 1. The van der Waals surface area contributed by atoms with Gasteiger partial charge in [0.1, 0.15) is 11.8 Å². The molecule has 0 atom stereocenters. The van der Waals surface area contributed by atoms with Gasteiger partial charge in [-0.3, -0.25) is 0 Å². The molecule has 5 heteroatoms. The van der Waals surface area contributed by atoms with Crippen molar-refractivity contribution in [2.45, 2.75) is 40.5 Å². The van der Waals surface area contributed by atoms with Crippen molar-refractivity contribution in [3.63, 3.8) is 0 Å². The Morgan fingerprint density at radius 3 is 2.63 bits per heavy atom. The minimum atomic E-state index is 0.728. The molecule has 0 amide bonds. The van der Waals surface area contributed by atoms with Crippen LogP contribution in [0.3, 0.4) is 0 Å². The van der Waals surface area contributed by atoms with E-state index in [9.17, 15) is 0 Å². The van der Waals surface area contributed by atoms with Gasteiger partial charge in [0.15, 0.2) is 11.5 Å². The smallest absolute Gasteiger partial charge is 0.182 e. The summed E-state index contributed by atoms with van der Waals surface area (Å²) in [4.78, 5) is 17.8. The summed E-state index contributed by atoms with van der Waals surface area (Å²) < 4.78 is 0. The van der Waals surface area contributed by atoms with Gasteiger partial charge in [0.05, 0.1) is 6.33 Å². The normalized spacial score (nSPS) is 10.4. The summed E-state index contributed by atoms with van der Waals surface area (Å²) in [5.41, 5.74) is 1.64. The minimum absolute atomic E-state index is 0.728. The second kappa shape index (κ2) is 7.71. The van der Waals surface area contributed by atoms with Gasteiger partial charge in [-0.1, -0.05) is 27.7 Å². The van der Waals surface area contributed by atoms with Gasteiger partial charge < -0.3 is 9.88 Å². The fraction of sp³-hybridized carbons (Fsp3) is 0.643. The van der Waals surface area contributed by atoms with E-state index in [1.807, 2.05) is 13.8 Å². The molecule has 0 fully saturated rings. The SMILES string of the molecule is CC.CC(C)CCCN(C)c1ncnc2nc[nH]c12. The Kier molecular flexibility index (Phi) is 6.25. The molecule has 0 aromatic carbocycles. The van der Waals surface area contributed by atoms with Crippen molar-refractivity contribution in [2.75, 3.05) is 18.5 Å². The van der Waals surface area contributed by atoms with E-state index in [1.54, 1.807) is 12.7 Å². The molecule has 0 radical (unpaired) electrons. The summed E-state index contributed by atoms with van der Waals surface area (Å²) in [6.45, 7) is 9.50. The molecule has 1 N–H and O–H groups in total. The molecule has 2 aromatic rings. The van der Waals surface area contributed by atoms with Crippen LogP contribution in [0.5, 0.6) is 0 Å². The number of fused-ring (bicyclic) bond motifs is 1. The van der Waals surface area contributed by atoms with Crippen molar-refractivity contribution in [3.05, 3.63) is 12.7 Å². The average Bonchev–Trinajstić information content (AvgIpc) is 2.88. The lowest BCUT2D eigenvalue weighted by molar-refractivity contribution is 0.555. The first-order chi connectivity index (χ1) is 9.18. The topological polar surface area (TPSA) is 57.7 Å². The molecule has 19 heavy (non-hydrogen) atoms. The van der Waals surface area contributed by atoms with E-state index in [1.165, 1.54) is 12.8 Å². The maximum atomic E-state index is 4.32. The second-order valence-electron chi connectivity index (χ2n) is 4.76. The van der Waals surface area contributed by atoms with Crippen molar-refractivity contribution in [1.82, 2.24) is 19.9 Å². The zero-order chi connectivity index (χ0) is 14.3. The third-order valence-electron chi connectivity index (χ3n) is 2.84. The van der Waals surface area contributed by atoms with E-state index in [4.69, 9.17) is 0 Å². The zero-order valence-corrected chi connectivity index (χ0v) is 12.6. The van der Waals surface area contributed by atoms with Gasteiger partial charge in [-0.25, -0.2) is 15.0 Å². The first-order valence-electron chi connectivity index (χ1n) is 7.03. The maximum absolute atomic E-state index is 4.32. The monoisotopic (exact) mass is 263 g/mol. The van der Waals surface area contributed by atoms with Crippen LogP contribution < -0.4 is 4.90 Å². The lowest BCUT2D eigenvalue weighted by Crippen LogP contribution is -2.20. The number of H-pyrrole nitrogens is 1. The highest BCUT2D eigenvalue weighted by Gasteiger charge is 2.09. The highest BCUT2D eigenvalue weighted by molar-refractivity contribution is 5.82. The van der Waals surface area contributed by atoms with Gasteiger partial charge in [-0.15, -0.1) is 0 Å². The number of aromatic amines is 1. The summed E-state index contributed by atoms with van der Waals surface area (Å²) in [5, 5.41) is 0. The molecule has 0 saturated carbocycles. The van der Waals surface area contributed by atoms with Crippen LogP contribution in [-0.4, -0.2) is 33.5 Å². The molecule has 0 saturated heterocycles. The Labute approximate surface area is 115 Å². The van der Waals surface area contributed by atoms with Gasteiger partial charge in [0.2, 0.25) is 0 Å². The fourth-order valence-electron chi connectivity index (χ4n) is 1.88. The number of imidazole rings is 1. The van der Waals surface area contributed by atoms with E-state index < -0.39 is 0 Å². The van der Waals surface area contributed by atoms with Crippen molar-refractivity contribution in [2.24, 2.45) is 5.92 Å². The number of aromatic nitrogens is 4. The van der Waals surface area contributed by atoms with E-state index in [2.05, 4.69) is 45.7 Å². The van der Waals surface area contributed by atoms with E-state index in [-0.39, 0.29) is 0 Å². The predicted octanol–water partition coefficient (Wildman–Crippen LogP) is 3.25. The summed E-state index contributed by atoms with van der Waals surface area (Å²) in [5.74, 6) is 1.68. The van der Waals surface area contributed by atoms with Gasteiger partial charge >= 0.3 is 0 Å². The fourth-order valence-corrected chi connectivity index (χ4v) is 1.88. The summed E-state index contributed by atoms with van der Waals surface area (Å²) >= 11 is 0. The Hall–Kier alpha value is -1.65. The molecular formula is C14H25N5. The number of anilines is 1. The van der Waals surface area contributed by atoms with Crippen molar-refractivity contribution < 1.29 is 0 Å². The van der Waals surface area contributed by atoms with E-state index in [0.29, 0.717) is 0 Å². The third-order valence-corrected chi connectivity index (χ3v) is 2.84. The highest BCUT2D eigenvalue weighted by atomic mass is 15.2. The molecule has 0 bridgehead atoms. The van der Waals surface area contributed by atoms with Crippen LogP contribution in [0, 0.1) is 5.92 Å². The quantitative estimate of drug-likeness (QED) is 0.899. The summed E-state index contributed by atoms with van der Waals surface area (Å²) in [6.07, 6.45) is 5.64. The first kappa shape index (κ1) is 15.4. The van der Waals surface area contributed by atoms with Gasteiger partial charge in [-0.2, -0.15) is 0 Å². The predicted molar refractivity (Wildman–Crippen MR) is 80.4 cm³/mol. The Morgan fingerprint density at radius 2 is 1.95 bits per heavy atom. The van der Waals surface area contributed by atoms with Crippen LogP contribution in [0.1, 0.15) is 40.5 Å². The van der Waals surface area contributed by atoms with Gasteiger partial charge in [-0.05, 0) is 18.8 Å². The van der Waals surface area contributed by atoms with E-state index in [0.717, 1.165) is 29.4 Å². The number of hydrogen-bond donors (Lipinski definition) is 1. The van der Waals surface area contributed by atoms with Crippen LogP contribution in [0.4, 0.5) is 5.82 Å². The van der Waals surface area contributed by atoms with Gasteiger partial charge in [0.25, 0.3) is 0 Å². The van der Waals surface area contributed by atoms with Crippen molar-refractivity contribution in [1.29, 1.82) is 0 Å². The molecule has 5 nitrogen and oxygen atoms in total. The van der Waals surface area contributed by atoms with Crippen LogP contribution >= 0.6 is 0 Å². The third kappa shape index (κ3) is 4.19. The average molecular weight is 263 g/mol. The number of nitrogens with zero attached hydrogens (tertiary/aromatic N) is 4. The van der Waals surface area contributed by atoms with Gasteiger partial charge in [0, 0.05) is 13.6 Å². The lowest BCUT2D eigenvalue weighted by Gasteiger charge is -2.18. The number of rotatable bonds is 5. The molecule has 2 aromatic heterocycles. The molecule has 0 aliphatic rings. The second-order valence-corrected chi connectivity index (χ2v) is 4.76. The van der Waals surface area contributed by atoms with Crippen LogP contribution in [0.15, 0.2) is 12.7 Å². The molecule has 0 unspecified atom stereocenters. The first-order valence-corrected chi connectivity index (χ1v) is 7.03. The molecule has 2 heterocycles.